The van der Waals surface area contributed by atoms with Gasteiger partial charge in [0.05, 0.1) is 0 Å². The molecule has 0 bridgehead atoms. The van der Waals surface area contributed by atoms with Crippen molar-refractivity contribution in [3.05, 3.63) is 84.4 Å². The van der Waals surface area contributed by atoms with Crippen LogP contribution in [0.3, 0.4) is 0 Å². The minimum Gasteiger partial charge on any atom is -0.338 e. The van der Waals surface area contributed by atoms with Gasteiger partial charge >= 0.3 is 0 Å². The number of benzene rings is 4. The molecule has 2 heteroatoms. The standard InChI is InChI=1S/C30H27NS/c1-4-9-20-10-7-15-28-29(20)24-13-8-12-22(30(24)32-28)21-16-17-27-25(18-21)23-11-5-6-14-26(23)31(27)19(2)3/h5-8,10-19H,4,9H2,1-3H3. The third-order valence-electron chi connectivity index (χ3n) is 6.67. The van der Waals surface area contributed by atoms with Crippen LogP contribution in [0.15, 0.2) is 78.9 Å². The summed E-state index contributed by atoms with van der Waals surface area (Å²) in [6.07, 6.45) is 2.31. The predicted octanol–water partition coefficient (Wildman–Crippen LogP) is 9.36. The van der Waals surface area contributed by atoms with Crippen LogP contribution in [0.25, 0.3) is 53.1 Å². The largest absolute Gasteiger partial charge is 0.338 e. The molecule has 0 fully saturated rings. The number of nitrogens with zero attached hydrogens (tertiary/aromatic N) is 1. The van der Waals surface area contributed by atoms with E-state index in [1.54, 1.807) is 0 Å². The molecule has 0 aliphatic heterocycles. The molecule has 158 valence electrons. The number of rotatable bonds is 4. The van der Waals surface area contributed by atoms with E-state index in [0.717, 1.165) is 6.42 Å². The summed E-state index contributed by atoms with van der Waals surface area (Å²) < 4.78 is 5.26. The Morgan fingerprint density at radius 1 is 0.781 bits per heavy atom. The maximum atomic E-state index is 2.46. The maximum Gasteiger partial charge on any atom is 0.0494 e. The van der Waals surface area contributed by atoms with Gasteiger partial charge in [-0.05, 0) is 61.2 Å². The van der Waals surface area contributed by atoms with E-state index in [1.807, 2.05) is 11.3 Å². The number of thiophene rings is 1. The molecule has 0 aliphatic rings. The molecule has 6 rings (SSSR count). The van der Waals surface area contributed by atoms with Crippen molar-refractivity contribution < 1.29 is 0 Å². The Labute approximate surface area is 192 Å². The highest BCUT2D eigenvalue weighted by Gasteiger charge is 2.16. The molecule has 0 aliphatic carbocycles. The Kier molecular flexibility index (Phi) is 4.58. The topological polar surface area (TPSA) is 4.93 Å². The van der Waals surface area contributed by atoms with E-state index in [2.05, 4.69) is 104 Å². The van der Waals surface area contributed by atoms with Gasteiger partial charge in [0.25, 0.3) is 0 Å². The fourth-order valence-corrected chi connectivity index (χ4v) is 6.64. The van der Waals surface area contributed by atoms with Crippen molar-refractivity contribution in [1.29, 1.82) is 0 Å². The molecule has 0 spiro atoms. The third-order valence-corrected chi connectivity index (χ3v) is 7.87. The number of aryl methyl sites for hydroxylation is 1. The normalized spacial score (nSPS) is 12.1. The average Bonchev–Trinajstić information content (AvgIpc) is 3.35. The first-order valence-corrected chi connectivity index (χ1v) is 12.4. The molecule has 4 aromatic carbocycles. The van der Waals surface area contributed by atoms with Gasteiger partial charge < -0.3 is 4.57 Å². The molecule has 1 nitrogen and oxygen atoms in total. The number of fused-ring (bicyclic) bond motifs is 6. The molecule has 32 heavy (non-hydrogen) atoms. The second-order valence-corrected chi connectivity index (χ2v) is 10.1. The first kappa shape index (κ1) is 19.6. The van der Waals surface area contributed by atoms with E-state index in [9.17, 15) is 0 Å². The van der Waals surface area contributed by atoms with Crippen molar-refractivity contribution in [3.63, 3.8) is 0 Å². The Hall–Kier alpha value is -3.10. The first-order chi connectivity index (χ1) is 15.7. The molecule has 0 N–H and O–H groups in total. The summed E-state index contributed by atoms with van der Waals surface area (Å²) in [4.78, 5) is 0. The van der Waals surface area contributed by atoms with E-state index in [4.69, 9.17) is 0 Å². The Morgan fingerprint density at radius 2 is 1.56 bits per heavy atom. The molecular formula is C30H27NS. The van der Waals surface area contributed by atoms with E-state index < -0.39 is 0 Å². The second kappa shape index (κ2) is 7.50. The van der Waals surface area contributed by atoms with Crippen LogP contribution < -0.4 is 0 Å². The van der Waals surface area contributed by atoms with Gasteiger partial charge in [-0.1, -0.05) is 67.9 Å². The molecule has 2 heterocycles. The van der Waals surface area contributed by atoms with E-state index in [-0.39, 0.29) is 0 Å². The number of aromatic nitrogens is 1. The third kappa shape index (κ3) is 2.83. The van der Waals surface area contributed by atoms with Gasteiger partial charge in [0.15, 0.2) is 0 Å². The lowest BCUT2D eigenvalue weighted by molar-refractivity contribution is 0.642. The quantitative estimate of drug-likeness (QED) is 0.261. The fourth-order valence-electron chi connectivity index (χ4n) is 5.35. The smallest absolute Gasteiger partial charge is 0.0494 e. The molecule has 0 unspecified atom stereocenters. The molecule has 0 saturated heterocycles. The zero-order valence-electron chi connectivity index (χ0n) is 18.9. The summed E-state index contributed by atoms with van der Waals surface area (Å²) in [6, 6.07) is 29.9. The highest BCUT2D eigenvalue weighted by atomic mass is 32.1. The predicted molar refractivity (Wildman–Crippen MR) is 142 cm³/mol. The lowest BCUT2D eigenvalue weighted by Gasteiger charge is -2.12. The Morgan fingerprint density at radius 3 is 2.41 bits per heavy atom. The minimum atomic E-state index is 0.422. The minimum absolute atomic E-state index is 0.422. The molecule has 0 radical (unpaired) electrons. The second-order valence-electron chi connectivity index (χ2n) is 9.04. The van der Waals surface area contributed by atoms with Crippen molar-refractivity contribution in [1.82, 2.24) is 4.57 Å². The van der Waals surface area contributed by atoms with Crippen molar-refractivity contribution >= 4 is 53.3 Å². The molecule has 0 amide bonds. The van der Waals surface area contributed by atoms with Crippen LogP contribution in [0.2, 0.25) is 0 Å². The summed E-state index contributed by atoms with van der Waals surface area (Å²) >= 11 is 1.94. The average molecular weight is 434 g/mol. The van der Waals surface area contributed by atoms with Crippen molar-refractivity contribution in [2.75, 3.05) is 0 Å². The highest BCUT2D eigenvalue weighted by molar-refractivity contribution is 7.26. The Bertz CT molecular complexity index is 1610. The zero-order chi connectivity index (χ0) is 21.8. The van der Waals surface area contributed by atoms with Gasteiger partial charge in [0, 0.05) is 48.0 Å². The van der Waals surface area contributed by atoms with E-state index in [0.29, 0.717) is 6.04 Å². The zero-order valence-corrected chi connectivity index (χ0v) is 19.7. The molecule has 6 aromatic rings. The van der Waals surface area contributed by atoms with Crippen LogP contribution in [0.5, 0.6) is 0 Å². The van der Waals surface area contributed by atoms with Gasteiger partial charge in [0.2, 0.25) is 0 Å². The number of para-hydroxylation sites is 1. The monoisotopic (exact) mass is 433 g/mol. The van der Waals surface area contributed by atoms with Crippen molar-refractivity contribution in [3.8, 4) is 11.1 Å². The van der Waals surface area contributed by atoms with E-state index in [1.165, 1.54) is 65.1 Å². The SMILES string of the molecule is CCCc1cccc2sc3c(-c4ccc5c(c4)c4ccccc4n5C(C)C)cccc3c12. The van der Waals surface area contributed by atoms with Crippen LogP contribution in [-0.4, -0.2) is 4.57 Å². The van der Waals surface area contributed by atoms with Crippen molar-refractivity contribution in [2.45, 2.75) is 39.7 Å². The van der Waals surface area contributed by atoms with Crippen LogP contribution in [0, 0.1) is 0 Å². The number of hydrogen-bond acceptors (Lipinski definition) is 1. The van der Waals surface area contributed by atoms with Crippen LogP contribution in [0.1, 0.15) is 38.8 Å². The molecule has 2 aromatic heterocycles. The maximum absolute atomic E-state index is 2.46. The fraction of sp³-hybridized carbons (Fsp3) is 0.200. The summed E-state index contributed by atoms with van der Waals surface area (Å²) in [7, 11) is 0. The van der Waals surface area contributed by atoms with Gasteiger partial charge in [0.1, 0.15) is 0 Å². The van der Waals surface area contributed by atoms with Gasteiger partial charge in [-0.15, -0.1) is 11.3 Å². The number of hydrogen-bond donors (Lipinski definition) is 0. The van der Waals surface area contributed by atoms with Gasteiger partial charge in [-0.25, -0.2) is 0 Å². The molecular weight excluding hydrogens is 406 g/mol. The summed E-state index contributed by atoms with van der Waals surface area (Å²) in [6.45, 7) is 6.80. The summed E-state index contributed by atoms with van der Waals surface area (Å²) in [5.74, 6) is 0. The summed E-state index contributed by atoms with van der Waals surface area (Å²) in [5, 5.41) is 5.54. The van der Waals surface area contributed by atoms with Gasteiger partial charge in [-0.3, -0.25) is 0 Å². The Balaban J connectivity index is 1.64. The van der Waals surface area contributed by atoms with Crippen LogP contribution in [0.4, 0.5) is 0 Å². The lowest BCUT2D eigenvalue weighted by atomic mass is 9.98. The first-order valence-electron chi connectivity index (χ1n) is 11.6. The van der Waals surface area contributed by atoms with Crippen LogP contribution >= 0.6 is 11.3 Å². The highest BCUT2D eigenvalue weighted by Crippen LogP contribution is 2.43. The van der Waals surface area contributed by atoms with Crippen molar-refractivity contribution in [2.24, 2.45) is 0 Å². The summed E-state index contributed by atoms with van der Waals surface area (Å²) in [5.41, 5.74) is 6.76. The molecule has 0 atom stereocenters. The van der Waals surface area contributed by atoms with Gasteiger partial charge in [-0.2, -0.15) is 0 Å². The lowest BCUT2D eigenvalue weighted by Crippen LogP contribution is -1.99. The van der Waals surface area contributed by atoms with E-state index >= 15 is 0 Å². The molecule has 0 saturated carbocycles. The van der Waals surface area contributed by atoms with Crippen LogP contribution in [-0.2, 0) is 6.42 Å².